The molecule has 0 radical (unpaired) electrons. The molecule has 0 saturated carbocycles. The van der Waals surface area contributed by atoms with Gasteiger partial charge in [0.2, 0.25) is 0 Å². The van der Waals surface area contributed by atoms with Crippen LogP contribution in [0.25, 0.3) is 66.8 Å². The molecule has 0 saturated heterocycles. The summed E-state index contributed by atoms with van der Waals surface area (Å²) in [6.07, 6.45) is 63.5. The Balaban J connectivity index is 0.785. The topological polar surface area (TPSA) is 6.48 Å². The molecule has 2 heteroatoms. The van der Waals surface area contributed by atoms with Crippen molar-refractivity contribution < 1.29 is 0 Å². The van der Waals surface area contributed by atoms with Crippen LogP contribution in [0.2, 0.25) is 0 Å². The molecular formula is C129H160N2. The summed E-state index contributed by atoms with van der Waals surface area (Å²) in [6, 6.07) is 86.0. The summed E-state index contributed by atoms with van der Waals surface area (Å²) >= 11 is 0. The Labute approximate surface area is 794 Å². The molecule has 0 bridgehead atoms. The smallest absolute Gasteiger partial charge is 0.0465 e. The van der Waals surface area contributed by atoms with Crippen LogP contribution in [0.4, 0.5) is 34.1 Å². The van der Waals surface area contributed by atoms with Crippen LogP contribution in [0, 0.1) is 13.8 Å². The van der Waals surface area contributed by atoms with Crippen LogP contribution in [-0.2, 0) is 54.8 Å². The van der Waals surface area contributed by atoms with Crippen molar-refractivity contribution in [3.05, 3.63) is 309 Å². The lowest BCUT2D eigenvalue weighted by Crippen LogP contribution is -2.26. The molecule has 686 valence electrons. The van der Waals surface area contributed by atoms with Gasteiger partial charge in [-0.2, -0.15) is 0 Å². The van der Waals surface area contributed by atoms with Gasteiger partial charge in [-0.3, -0.25) is 0 Å². The number of nitrogens with zero attached hydrogens (tertiary/aromatic N) is 2. The number of benzene rings is 11. The Morgan fingerprint density at radius 2 is 0.527 bits per heavy atom. The first-order valence-electron chi connectivity index (χ1n) is 53.7. The molecule has 16 rings (SSSR count). The van der Waals surface area contributed by atoms with E-state index < -0.39 is 0 Å². The van der Waals surface area contributed by atoms with Gasteiger partial charge in [0, 0.05) is 50.4 Å². The minimum Gasteiger partial charge on any atom is -0.310 e. The lowest BCUT2D eigenvalue weighted by molar-refractivity contribution is 0.398. The molecule has 0 fully saturated rings. The Morgan fingerprint density at radius 1 is 0.237 bits per heavy atom. The van der Waals surface area contributed by atoms with Crippen LogP contribution in [0.5, 0.6) is 0 Å². The zero-order valence-corrected chi connectivity index (χ0v) is 82.5. The van der Waals surface area contributed by atoms with Gasteiger partial charge in [-0.25, -0.2) is 0 Å². The molecule has 0 atom stereocenters. The number of hydrogen-bond donors (Lipinski definition) is 0. The molecule has 0 aliphatic heterocycles. The summed E-state index contributed by atoms with van der Waals surface area (Å²) in [4.78, 5) is 5.30. The summed E-state index contributed by atoms with van der Waals surface area (Å²) in [5.74, 6) is 0. The number of rotatable bonds is 55. The van der Waals surface area contributed by atoms with E-state index >= 15 is 0 Å². The fourth-order valence-electron chi connectivity index (χ4n) is 24.5. The van der Waals surface area contributed by atoms with E-state index in [2.05, 4.69) is 297 Å². The Hall–Kier alpha value is -9.50. The summed E-state index contributed by atoms with van der Waals surface area (Å²) in [6.45, 7) is 27.2. The van der Waals surface area contributed by atoms with Crippen molar-refractivity contribution in [2.24, 2.45) is 0 Å². The molecule has 0 amide bonds. The standard InChI is InChI=1S/C129H160N2/c1-11-19-27-33-37-45-81-128(82-46-38-34-28-20-12-2)122-90-104(62-74-116(122)117-76-64-106(92-124(117)128)105-63-75-115-114-73-51-95(9)85-121(114)127(123(115)91-105,79-43-25-17-7)80-44-26-18-8)99-56-65-108(66-57-99)130(110-69-58-97-52-54-102(97)87-110)112-71-77-118-119-78-72-113(94-126(119)129(125(118)93-112,83-47-39-35-29-21-13-3)84-48-40-36-30-22-14-4)131(111-70-59-98-53-55-103(98)88-111)109-67-60-100(61-68-109)120-89-101(49-41-31-23-15-5)96(10)86-107(120)50-42-32-24-16-6/h17-18,51,56-78,85-94H,7-8,11-16,19-50,52-55,79-84H2,1-6,9-10H3. The third-order valence-corrected chi connectivity index (χ3v) is 32.2. The summed E-state index contributed by atoms with van der Waals surface area (Å²) in [5, 5.41) is 0. The molecule has 0 unspecified atom stereocenters. The molecule has 131 heavy (non-hydrogen) atoms. The molecule has 2 nitrogen and oxygen atoms in total. The van der Waals surface area contributed by atoms with Crippen LogP contribution in [0.1, 0.15) is 389 Å². The first kappa shape index (κ1) is 94.7. The second-order valence-corrected chi connectivity index (χ2v) is 41.2. The van der Waals surface area contributed by atoms with Gasteiger partial charge in [0.25, 0.3) is 0 Å². The average molecular weight is 1740 g/mol. The minimum absolute atomic E-state index is 0.0597. The van der Waals surface area contributed by atoms with Crippen molar-refractivity contribution in [3.63, 3.8) is 0 Å². The first-order valence-corrected chi connectivity index (χ1v) is 53.7. The largest absolute Gasteiger partial charge is 0.310 e. The first-order chi connectivity index (χ1) is 64.4. The van der Waals surface area contributed by atoms with Gasteiger partial charge in [-0.15, -0.1) is 13.2 Å². The predicted octanol–water partition coefficient (Wildman–Crippen LogP) is 39.2. The van der Waals surface area contributed by atoms with Gasteiger partial charge < -0.3 is 9.80 Å². The van der Waals surface area contributed by atoms with Crippen LogP contribution >= 0.6 is 0 Å². The monoisotopic (exact) mass is 1740 g/mol. The van der Waals surface area contributed by atoms with Crippen molar-refractivity contribution in [1.29, 1.82) is 0 Å². The van der Waals surface area contributed by atoms with Gasteiger partial charge in [0.05, 0.1) is 0 Å². The SMILES string of the molecule is C=CCCCC1(CCCC=C)c2cc(C)ccc2-c2ccc(-c3ccc4c(c3)C(CCCCCCCC)(CCCCCCCC)c3cc(-c5ccc(N(c6ccc7c(c6)CC7)c6ccc7c(c6)C(CCCCCCCC)(CCCCCCCC)c6cc(N(c8ccc(-c9cc(CCCCCC)c(C)cc9CCCCCC)cc8)c8ccc9c(c8)CC9)ccc6-7)cc5)ccc3-4)cc21. The molecule has 5 aliphatic rings. The van der Waals surface area contributed by atoms with Gasteiger partial charge in [-0.05, 0) is 360 Å². The van der Waals surface area contributed by atoms with E-state index in [1.807, 2.05) is 0 Å². The second kappa shape index (κ2) is 45.5. The van der Waals surface area contributed by atoms with Crippen molar-refractivity contribution in [2.45, 2.75) is 380 Å². The maximum atomic E-state index is 4.22. The van der Waals surface area contributed by atoms with Gasteiger partial charge in [0.15, 0.2) is 0 Å². The third kappa shape index (κ3) is 20.9. The maximum absolute atomic E-state index is 4.22. The lowest BCUT2D eigenvalue weighted by atomic mass is 9.69. The van der Waals surface area contributed by atoms with E-state index in [0.29, 0.717) is 0 Å². The fourth-order valence-corrected chi connectivity index (χ4v) is 24.5. The van der Waals surface area contributed by atoms with Gasteiger partial charge in [-0.1, -0.05) is 367 Å². The lowest BCUT2D eigenvalue weighted by Gasteiger charge is -2.35. The van der Waals surface area contributed by atoms with Crippen molar-refractivity contribution in [3.8, 4) is 66.8 Å². The zero-order chi connectivity index (χ0) is 90.5. The summed E-state index contributed by atoms with van der Waals surface area (Å²) in [7, 11) is 0. The fraction of sp³-hybridized carbons (Fsp3) is 0.457. The highest BCUT2D eigenvalue weighted by Gasteiger charge is 2.47. The second-order valence-electron chi connectivity index (χ2n) is 41.2. The number of anilines is 6. The van der Waals surface area contributed by atoms with Crippen LogP contribution < -0.4 is 9.80 Å². The zero-order valence-electron chi connectivity index (χ0n) is 82.5. The molecule has 0 aromatic heterocycles. The van der Waals surface area contributed by atoms with Gasteiger partial charge >= 0.3 is 0 Å². The maximum Gasteiger partial charge on any atom is 0.0465 e. The number of aryl methyl sites for hydroxylation is 8. The van der Waals surface area contributed by atoms with E-state index in [0.717, 1.165) is 83.5 Å². The predicted molar refractivity (Wildman–Crippen MR) is 571 cm³/mol. The minimum atomic E-state index is -0.184. The van der Waals surface area contributed by atoms with Crippen molar-refractivity contribution >= 4 is 34.1 Å². The molecule has 0 heterocycles. The van der Waals surface area contributed by atoms with E-state index in [-0.39, 0.29) is 16.2 Å². The summed E-state index contributed by atoms with van der Waals surface area (Å²) in [5.41, 5.74) is 45.0. The molecule has 11 aromatic rings. The molecule has 11 aromatic carbocycles. The molecule has 5 aliphatic carbocycles. The average Bonchev–Trinajstić information content (AvgIpc) is 1.56. The Bertz CT molecular complexity index is 5590. The van der Waals surface area contributed by atoms with Crippen LogP contribution in [-0.4, -0.2) is 0 Å². The molecule has 0 N–H and O–H groups in total. The molecular weight excluding hydrogens is 1580 g/mol. The van der Waals surface area contributed by atoms with E-state index in [1.54, 1.807) is 16.7 Å². The third-order valence-electron chi connectivity index (χ3n) is 32.2. The van der Waals surface area contributed by atoms with E-state index in [4.69, 9.17) is 0 Å². The number of unbranched alkanes of at least 4 members (excludes halogenated alkanes) is 28. The van der Waals surface area contributed by atoms with Crippen molar-refractivity contribution in [1.82, 2.24) is 0 Å². The normalized spacial score (nSPS) is 14.0. The van der Waals surface area contributed by atoms with Crippen LogP contribution in [0.3, 0.4) is 0 Å². The van der Waals surface area contributed by atoms with E-state index in [9.17, 15) is 0 Å². The highest BCUT2D eigenvalue weighted by Crippen LogP contribution is 2.61. The number of hydrogen-bond acceptors (Lipinski definition) is 2. The highest BCUT2D eigenvalue weighted by molar-refractivity contribution is 5.92. The quantitative estimate of drug-likeness (QED) is 0.0277. The Morgan fingerprint density at radius 3 is 0.901 bits per heavy atom. The highest BCUT2D eigenvalue weighted by atomic mass is 15.1. The van der Waals surface area contributed by atoms with Crippen molar-refractivity contribution in [2.75, 3.05) is 9.80 Å². The van der Waals surface area contributed by atoms with E-state index in [1.165, 1.54) is 387 Å². The Kier molecular flexibility index (Phi) is 32.9. The number of fused-ring (bicyclic) bond motifs is 11. The van der Waals surface area contributed by atoms with Crippen LogP contribution in [0.15, 0.2) is 232 Å². The molecule has 0 spiro atoms. The summed E-state index contributed by atoms with van der Waals surface area (Å²) < 4.78 is 0. The van der Waals surface area contributed by atoms with Gasteiger partial charge in [0.1, 0.15) is 0 Å². The number of allylic oxidation sites excluding steroid dienone is 2.